The van der Waals surface area contributed by atoms with Crippen LogP contribution in [0, 0.1) is 26.6 Å². The molecule has 0 aliphatic heterocycles. The summed E-state index contributed by atoms with van der Waals surface area (Å²) in [6.07, 6.45) is 0. The fraction of sp³-hybridized carbons (Fsp3) is 0.217. The van der Waals surface area contributed by atoms with Crippen molar-refractivity contribution in [2.24, 2.45) is 0 Å². The molecule has 2 aromatic carbocycles. The van der Waals surface area contributed by atoms with Gasteiger partial charge in [0.15, 0.2) is 5.16 Å². The molecular weight excluding hydrogens is 419 g/mol. The predicted octanol–water partition coefficient (Wildman–Crippen LogP) is 5.81. The molecule has 2 aromatic heterocycles. The minimum absolute atomic E-state index is 0.210. The largest absolute Gasteiger partial charge is 0.496 e. The standard InChI is InChI=1S/C23H21FN2O2S2/c1-13-9-10-16(15(3)20(13)28-4)12-29-23-25-21-17(11-14(2)30-21)22(27)26(23)19-8-6-5-7-18(19)24/h5-11H,12H2,1-4H3. The van der Waals surface area contributed by atoms with Crippen LogP contribution in [0.5, 0.6) is 5.75 Å². The Hall–Kier alpha value is -2.64. The van der Waals surface area contributed by atoms with Gasteiger partial charge in [0, 0.05) is 10.6 Å². The van der Waals surface area contributed by atoms with E-state index in [-0.39, 0.29) is 11.2 Å². The molecule has 0 radical (unpaired) electrons. The van der Waals surface area contributed by atoms with Crippen LogP contribution in [-0.2, 0) is 5.75 Å². The molecule has 30 heavy (non-hydrogen) atoms. The normalized spacial score (nSPS) is 11.2. The van der Waals surface area contributed by atoms with Gasteiger partial charge in [0.05, 0.1) is 18.2 Å². The number of benzene rings is 2. The molecule has 154 valence electrons. The number of hydrogen-bond donors (Lipinski definition) is 0. The van der Waals surface area contributed by atoms with Crippen LogP contribution < -0.4 is 10.3 Å². The van der Waals surface area contributed by atoms with Crippen molar-refractivity contribution in [1.82, 2.24) is 9.55 Å². The van der Waals surface area contributed by atoms with Crippen LogP contribution in [0.3, 0.4) is 0 Å². The van der Waals surface area contributed by atoms with Gasteiger partial charge < -0.3 is 4.74 Å². The Morgan fingerprint density at radius 1 is 1.17 bits per heavy atom. The zero-order valence-corrected chi connectivity index (χ0v) is 18.8. The number of hydrogen-bond acceptors (Lipinski definition) is 5. The Labute approximate surface area is 182 Å². The molecular formula is C23H21FN2O2S2. The van der Waals surface area contributed by atoms with Crippen LogP contribution in [0.25, 0.3) is 15.9 Å². The lowest BCUT2D eigenvalue weighted by atomic mass is 10.1. The Balaban J connectivity index is 1.84. The molecule has 0 N–H and O–H groups in total. The number of para-hydroxylation sites is 1. The summed E-state index contributed by atoms with van der Waals surface area (Å²) in [5.41, 5.74) is 3.16. The highest BCUT2D eigenvalue weighted by Crippen LogP contribution is 2.32. The Morgan fingerprint density at radius 2 is 1.93 bits per heavy atom. The number of fused-ring (bicyclic) bond motifs is 1. The van der Waals surface area contributed by atoms with Gasteiger partial charge in [-0.15, -0.1) is 11.3 Å². The Bertz CT molecular complexity index is 1310. The van der Waals surface area contributed by atoms with Crippen LogP contribution in [0.1, 0.15) is 21.6 Å². The van der Waals surface area contributed by atoms with E-state index in [1.54, 1.807) is 25.3 Å². The number of ether oxygens (including phenoxy) is 1. The lowest BCUT2D eigenvalue weighted by molar-refractivity contribution is 0.408. The fourth-order valence-electron chi connectivity index (χ4n) is 3.51. The molecule has 0 spiro atoms. The molecule has 0 unspecified atom stereocenters. The maximum absolute atomic E-state index is 14.6. The first-order chi connectivity index (χ1) is 14.4. The smallest absolute Gasteiger partial charge is 0.267 e. The van der Waals surface area contributed by atoms with Gasteiger partial charge in [-0.2, -0.15) is 0 Å². The van der Waals surface area contributed by atoms with E-state index in [9.17, 15) is 9.18 Å². The number of rotatable bonds is 5. The van der Waals surface area contributed by atoms with Crippen LogP contribution in [0.15, 0.2) is 52.4 Å². The molecule has 0 bridgehead atoms. The minimum Gasteiger partial charge on any atom is -0.496 e. The first kappa shape index (κ1) is 20.6. The van der Waals surface area contributed by atoms with Gasteiger partial charge in [-0.1, -0.05) is 36.0 Å². The minimum atomic E-state index is -0.456. The molecule has 7 heteroatoms. The monoisotopic (exact) mass is 440 g/mol. The molecule has 2 heterocycles. The molecule has 0 saturated carbocycles. The van der Waals surface area contributed by atoms with Crippen LogP contribution >= 0.6 is 23.1 Å². The van der Waals surface area contributed by atoms with Crippen molar-refractivity contribution in [3.8, 4) is 11.4 Å². The van der Waals surface area contributed by atoms with Crippen LogP contribution in [0.2, 0.25) is 0 Å². The number of methoxy groups -OCH3 is 1. The average Bonchev–Trinajstić information content (AvgIpc) is 3.09. The summed E-state index contributed by atoms with van der Waals surface area (Å²) < 4.78 is 21.5. The Kier molecular flexibility index (Phi) is 5.66. The maximum atomic E-state index is 14.6. The number of nitrogens with zero attached hydrogens (tertiary/aromatic N) is 2. The number of thioether (sulfide) groups is 1. The summed E-state index contributed by atoms with van der Waals surface area (Å²) in [6.45, 7) is 5.96. The molecule has 4 aromatic rings. The zero-order valence-electron chi connectivity index (χ0n) is 17.2. The number of thiophene rings is 1. The van der Waals surface area contributed by atoms with E-state index < -0.39 is 5.82 Å². The summed E-state index contributed by atoms with van der Waals surface area (Å²) in [4.78, 5) is 19.7. The second-order valence-corrected chi connectivity index (χ2v) is 9.23. The van der Waals surface area contributed by atoms with Gasteiger partial charge in [0.25, 0.3) is 5.56 Å². The Morgan fingerprint density at radius 3 is 2.67 bits per heavy atom. The summed E-state index contributed by atoms with van der Waals surface area (Å²) in [5, 5.41) is 0.983. The summed E-state index contributed by atoms with van der Waals surface area (Å²) in [6, 6.07) is 12.2. The number of aryl methyl sites for hydroxylation is 2. The molecule has 0 amide bonds. The average molecular weight is 441 g/mol. The predicted molar refractivity (Wildman–Crippen MR) is 122 cm³/mol. The first-order valence-corrected chi connectivity index (χ1v) is 11.2. The topological polar surface area (TPSA) is 44.1 Å². The molecule has 0 atom stereocenters. The highest BCUT2D eigenvalue weighted by Gasteiger charge is 2.18. The van der Waals surface area contributed by atoms with Crippen molar-refractivity contribution in [3.63, 3.8) is 0 Å². The lowest BCUT2D eigenvalue weighted by Crippen LogP contribution is -2.22. The molecule has 0 aliphatic rings. The van der Waals surface area contributed by atoms with E-state index in [1.165, 1.54) is 33.7 Å². The van der Waals surface area contributed by atoms with Gasteiger partial charge in [0.2, 0.25) is 0 Å². The van der Waals surface area contributed by atoms with Gasteiger partial charge in [0.1, 0.15) is 16.4 Å². The highest BCUT2D eigenvalue weighted by molar-refractivity contribution is 7.98. The number of halogens is 1. The van der Waals surface area contributed by atoms with Crippen molar-refractivity contribution >= 4 is 33.3 Å². The third kappa shape index (κ3) is 3.63. The van der Waals surface area contributed by atoms with E-state index in [0.717, 1.165) is 27.3 Å². The second kappa shape index (κ2) is 8.24. The van der Waals surface area contributed by atoms with Crippen molar-refractivity contribution in [2.75, 3.05) is 7.11 Å². The van der Waals surface area contributed by atoms with Gasteiger partial charge >= 0.3 is 0 Å². The fourth-order valence-corrected chi connectivity index (χ4v) is 5.50. The zero-order chi connectivity index (χ0) is 21.4. The highest BCUT2D eigenvalue weighted by atomic mass is 32.2. The molecule has 0 saturated heterocycles. The summed E-state index contributed by atoms with van der Waals surface area (Å²) >= 11 is 2.89. The molecule has 0 aliphatic carbocycles. The van der Waals surface area contributed by atoms with E-state index >= 15 is 0 Å². The molecule has 4 rings (SSSR count). The van der Waals surface area contributed by atoms with E-state index in [4.69, 9.17) is 9.72 Å². The molecule has 4 nitrogen and oxygen atoms in total. The van der Waals surface area contributed by atoms with Crippen LogP contribution in [-0.4, -0.2) is 16.7 Å². The van der Waals surface area contributed by atoms with Gasteiger partial charge in [-0.05, 0) is 55.7 Å². The lowest BCUT2D eigenvalue weighted by Gasteiger charge is -2.15. The van der Waals surface area contributed by atoms with Crippen LogP contribution in [0.4, 0.5) is 4.39 Å². The van der Waals surface area contributed by atoms with E-state index in [2.05, 4.69) is 6.07 Å². The van der Waals surface area contributed by atoms with Gasteiger partial charge in [-0.25, -0.2) is 9.37 Å². The SMILES string of the molecule is COc1c(C)ccc(CSc2nc3sc(C)cc3c(=O)n2-c2ccccc2F)c1C. The van der Waals surface area contributed by atoms with Gasteiger partial charge in [-0.3, -0.25) is 9.36 Å². The van der Waals surface area contributed by atoms with Crippen molar-refractivity contribution in [1.29, 1.82) is 0 Å². The molecule has 0 fully saturated rings. The number of aromatic nitrogens is 2. The van der Waals surface area contributed by atoms with Crippen molar-refractivity contribution in [3.05, 3.63) is 80.2 Å². The first-order valence-electron chi connectivity index (χ1n) is 9.44. The summed E-state index contributed by atoms with van der Waals surface area (Å²) in [5.74, 6) is 0.985. The second-order valence-electron chi connectivity index (χ2n) is 7.05. The van der Waals surface area contributed by atoms with E-state index in [0.29, 0.717) is 21.1 Å². The third-order valence-corrected chi connectivity index (χ3v) is 6.96. The van der Waals surface area contributed by atoms with E-state index in [1.807, 2.05) is 32.9 Å². The van der Waals surface area contributed by atoms with Crippen molar-refractivity contribution < 1.29 is 9.13 Å². The summed E-state index contributed by atoms with van der Waals surface area (Å²) in [7, 11) is 1.66. The third-order valence-electron chi connectivity index (χ3n) is 5.03. The van der Waals surface area contributed by atoms with Crippen molar-refractivity contribution in [2.45, 2.75) is 31.7 Å². The quantitative estimate of drug-likeness (QED) is 0.290. The maximum Gasteiger partial charge on any atom is 0.267 e.